The number of non-ortho nitro benzene ring substituents is 1. The third-order valence-corrected chi connectivity index (χ3v) is 5.44. The second kappa shape index (κ2) is 10.5. The molecule has 0 aliphatic heterocycles. The Bertz CT molecular complexity index is 1380. The Kier molecular flexibility index (Phi) is 7.46. The van der Waals surface area contributed by atoms with Gasteiger partial charge in [0.2, 0.25) is 0 Å². The van der Waals surface area contributed by atoms with Crippen LogP contribution in [0.25, 0.3) is 11.8 Å². The molecule has 9 nitrogen and oxygen atoms in total. The Morgan fingerprint density at radius 3 is 2.40 bits per heavy atom. The number of aromatic nitrogens is 1. The molecule has 0 saturated heterocycles. The van der Waals surface area contributed by atoms with Crippen LogP contribution in [0.15, 0.2) is 54.1 Å². The lowest BCUT2D eigenvalue weighted by Crippen LogP contribution is -2.14. The number of nitrogens with zero attached hydrogens (tertiary/aromatic N) is 3. The molecule has 0 atom stereocenters. The number of aryl methyl sites for hydroxylation is 2. The SMILES string of the molecule is CCOC(=O)c1ccc(-n2c(C)cc(/C=C(\C#N)C(=O)Nc3ccc([N+](=O)[O-])cc3C)c2C)cc1. The van der Waals surface area contributed by atoms with Gasteiger partial charge >= 0.3 is 5.97 Å². The highest BCUT2D eigenvalue weighted by molar-refractivity contribution is 6.10. The summed E-state index contributed by atoms with van der Waals surface area (Å²) in [5.74, 6) is -1.01. The van der Waals surface area contributed by atoms with E-state index in [9.17, 15) is 25.0 Å². The van der Waals surface area contributed by atoms with Crippen LogP contribution in [0.5, 0.6) is 0 Å². The molecule has 3 rings (SSSR count). The Morgan fingerprint density at radius 1 is 1.14 bits per heavy atom. The Balaban J connectivity index is 1.88. The minimum absolute atomic E-state index is 0.0840. The van der Waals surface area contributed by atoms with E-state index in [2.05, 4.69) is 5.32 Å². The van der Waals surface area contributed by atoms with Gasteiger partial charge in [-0.3, -0.25) is 14.9 Å². The highest BCUT2D eigenvalue weighted by Crippen LogP contribution is 2.25. The van der Waals surface area contributed by atoms with Gasteiger partial charge in [-0.15, -0.1) is 0 Å². The highest BCUT2D eigenvalue weighted by Gasteiger charge is 2.16. The molecule has 0 radical (unpaired) electrons. The number of carbonyl (C=O) groups excluding carboxylic acids is 2. The summed E-state index contributed by atoms with van der Waals surface area (Å²) < 4.78 is 6.97. The predicted octanol–water partition coefficient (Wildman–Crippen LogP) is 5.03. The van der Waals surface area contributed by atoms with Crippen LogP contribution in [0.4, 0.5) is 11.4 Å². The number of nitro benzene ring substituents is 1. The molecule has 3 aromatic rings. The fourth-order valence-corrected chi connectivity index (χ4v) is 3.69. The van der Waals surface area contributed by atoms with Crippen molar-refractivity contribution in [3.8, 4) is 11.8 Å². The number of hydrogen-bond donors (Lipinski definition) is 1. The summed E-state index contributed by atoms with van der Waals surface area (Å²) in [6.45, 7) is 7.45. The summed E-state index contributed by atoms with van der Waals surface area (Å²) in [6.07, 6.45) is 1.50. The van der Waals surface area contributed by atoms with Crippen LogP contribution in [-0.4, -0.2) is 28.0 Å². The molecule has 0 unspecified atom stereocenters. The largest absolute Gasteiger partial charge is 0.462 e. The number of anilines is 1. The van der Waals surface area contributed by atoms with Crippen LogP contribution < -0.4 is 5.32 Å². The number of esters is 1. The molecule has 1 aromatic heterocycles. The lowest BCUT2D eigenvalue weighted by atomic mass is 10.1. The number of rotatable bonds is 7. The second-order valence-corrected chi connectivity index (χ2v) is 7.81. The van der Waals surface area contributed by atoms with Gasteiger partial charge in [0, 0.05) is 34.9 Å². The Morgan fingerprint density at radius 2 is 1.83 bits per heavy atom. The number of hydrogen-bond acceptors (Lipinski definition) is 6. The maximum Gasteiger partial charge on any atom is 0.338 e. The van der Waals surface area contributed by atoms with E-state index >= 15 is 0 Å². The fraction of sp³-hybridized carbons (Fsp3) is 0.192. The van der Waals surface area contributed by atoms with Gasteiger partial charge < -0.3 is 14.6 Å². The molecule has 35 heavy (non-hydrogen) atoms. The molecule has 0 aliphatic rings. The standard InChI is InChI=1S/C26H24N4O5/c1-5-35-26(32)19-6-8-22(9-7-19)29-17(3)13-20(18(29)4)14-21(15-27)25(31)28-24-11-10-23(30(33)34)12-16(24)2/h6-14H,5H2,1-4H3,(H,28,31)/b21-14+. The molecule has 0 bridgehead atoms. The van der Waals surface area contributed by atoms with E-state index in [-0.39, 0.29) is 11.3 Å². The van der Waals surface area contributed by atoms with Gasteiger partial charge in [0.15, 0.2) is 0 Å². The Hall–Kier alpha value is -4.71. The summed E-state index contributed by atoms with van der Waals surface area (Å²) in [6, 6.07) is 14.8. The van der Waals surface area contributed by atoms with Gasteiger partial charge in [-0.2, -0.15) is 5.26 Å². The number of benzene rings is 2. The normalized spacial score (nSPS) is 11.0. The van der Waals surface area contributed by atoms with Crippen molar-refractivity contribution in [2.24, 2.45) is 0 Å². The van der Waals surface area contributed by atoms with Gasteiger partial charge in [0.05, 0.1) is 17.1 Å². The van der Waals surface area contributed by atoms with E-state index in [0.29, 0.717) is 29.0 Å². The van der Waals surface area contributed by atoms with Crippen molar-refractivity contribution in [3.63, 3.8) is 0 Å². The van der Waals surface area contributed by atoms with Crippen LogP contribution >= 0.6 is 0 Å². The molecule has 0 spiro atoms. The lowest BCUT2D eigenvalue weighted by Gasteiger charge is -2.11. The first-order chi connectivity index (χ1) is 16.7. The summed E-state index contributed by atoms with van der Waals surface area (Å²) in [5.41, 5.74) is 4.33. The maximum absolute atomic E-state index is 12.8. The molecular formula is C26H24N4O5. The van der Waals surface area contributed by atoms with E-state index in [1.807, 2.05) is 30.6 Å². The van der Waals surface area contributed by atoms with Crippen molar-refractivity contribution < 1.29 is 19.2 Å². The van der Waals surface area contributed by atoms with Crippen molar-refractivity contribution in [1.29, 1.82) is 5.26 Å². The van der Waals surface area contributed by atoms with Crippen molar-refractivity contribution in [1.82, 2.24) is 4.57 Å². The molecule has 1 N–H and O–H groups in total. The zero-order valence-corrected chi connectivity index (χ0v) is 19.8. The average Bonchev–Trinajstić information content (AvgIpc) is 3.11. The maximum atomic E-state index is 12.8. The first kappa shape index (κ1) is 24.9. The summed E-state index contributed by atoms with van der Waals surface area (Å²) >= 11 is 0. The summed E-state index contributed by atoms with van der Waals surface area (Å²) in [5, 5.41) is 23.2. The predicted molar refractivity (Wildman–Crippen MR) is 131 cm³/mol. The van der Waals surface area contributed by atoms with Gasteiger partial charge in [-0.25, -0.2) is 4.79 Å². The quantitative estimate of drug-likeness (QED) is 0.169. The zero-order valence-electron chi connectivity index (χ0n) is 19.8. The fourth-order valence-electron chi connectivity index (χ4n) is 3.69. The number of carbonyl (C=O) groups is 2. The molecule has 0 fully saturated rings. The van der Waals surface area contributed by atoms with E-state index in [4.69, 9.17) is 4.74 Å². The highest BCUT2D eigenvalue weighted by atomic mass is 16.6. The van der Waals surface area contributed by atoms with Crippen molar-refractivity contribution >= 4 is 29.3 Å². The second-order valence-electron chi connectivity index (χ2n) is 7.81. The number of nitrogens with one attached hydrogen (secondary N) is 1. The van der Waals surface area contributed by atoms with Gasteiger partial charge in [0.1, 0.15) is 11.6 Å². The zero-order chi connectivity index (χ0) is 25.7. The molecule has 1 heterocycles. The smallest absolute Gasteiger partial charge is 0.338 e. The van der Waals surface area contributed by atoms with E-state index in [1.54, 1.807) is 38.1 Å². The lowest BCUT2D eigenvalue weighted by molar-refractivity contribution is -0.384. The van der Waals surface area contributed by atoms with Crippen molar-refractivity contribution in [2.45, 2.75) is 27.7 Å². The van der Waals surface area contributed by atoms with Crippen LogP contribution in [-0.2, 0) is 9.53 Å². The first-order valence-electron chi connectivity index (χ1n) is 10.8. The monoisotopic (exact) mass is 472 g/mol. The van der Waals surface area contributed by atoms with Crippen molar-refractivity contribution in [2.75, 3.05) is 11.9 Å². The molecular weight excluding hydrogens is 448 g/mol. The van der Waals surface area contributed by atoms with Gasteiger partial charge in [-0.1, -0.05) is 0 Å². The van der Waals surface area contributed by atoms with E-state index < -0.39 is 16.8 Å². The third kappa shape index (κ3) is 5.45. The Labute approximate surface area is 202 Å². The van der Waals surface area contributed by atoms with Gasteiger partial charge in [0.25, 0.3) is 11.6 Å². The number of nitro groups is 1. The summed E-state index contributed by atoms with van der Waals surface area (Å²) in [7, 11) is 0. The molecule has 9 heteroatoms. The number of amides is 1. The van der Waals surface area contributed by atoms with Crippen LogP contribution in [0, 0.1) is 42.2 Å². The minimum atomic E-state index is -0.618. The molecule has 0 aliphatic carbocycles. The molecule has 1 amide bonds. The first-order valence-corrected chi connectivity index (χ1v) is 10.8. The van der Waals surface area contributed by atoms with Gasteiger partial charge in [-0.05, 0) is 81.3 Å². The van der Waals surface area contributed by atoms with E-state index in [0.717, 1.165) is 17.1 Å². The van der Waals surface area contributed by atoms with Crippen molar-refractivity contribution in [3.05, 3.63) is 92.3 Å². The van der Waals surface area contributed by atoms with Crippen LogP contribution in [0.2, 0.25) is 0 Å². The molecule has 178 valence electrons. The summed E-state index contributed by atoms with van der Waals surface area (Å²) in [4.78, 5) is 35.1. The number of nitriles is 1. The third-order valence-electron chi connectivity index (χ3n) is 5.44. The topological polar surface area (TPSA) is 127 Å². The number of ether oxygens (including phenoxy) is 1. The minimum Gasteiger partial charge on any atom is -0.462 e. The average molecular weight is 473 g/mol. The van der Waals surface area contributed by atoms with E-state index in [1.165, 1.54) is 24.3 Å². The molecule has 2 aromatic carbocycles. The van der Waals surface area contributed by atoms with Crippen LogP contribution in [0.3, 0.4) is 0 Å². The van der Waals surface area contributed by atoms with Crippen LogP contribution in [0.1, 0.15) is 39.8 Å². The molecule has 0 saturated carbocycles.